The van der Waals surface area contributed by atoms with E-state index in [4.69, 9.17) is 10.5 Å². The van der Waals surface area contributed by atoms with E-state index in [1.54, 1.807) is 7.11 Å². The molecule has 1 aromatic rings. The summed E-state index contributed by atoms with van der Waals surface area (Å²) in [6, 6.07) is 6.18. The van der Waals surface area contributed by atoms with Crippen molar-refractivity contribution in [2.24, 2.45) is 5.73 Å². The maximum atomic E-state index is 6.13. The molecule has 0 spiro atoms. The summed E-state index contributed by atoms with van der Waals surface area (Å²) in [5.74, 6) is 0.851. The Morgan fingerprint density at radius 1 is 1.35 bits per heavy atom. The van der Waals surface area contributed by atoms with Gasteiger partial charge < -0.3 is 10.5 Å². The van der Waals surface area contributed by atoms with Crippen LogP contribution in [0, 0.1) is 0 Å². The fraction of sp³-hybridized carbons (Fsp3) is 0.538. The normalized spacial score (nSPS) is 11.8. The molecule has 0 radical (unpaired) electrons. The van der Waals surface area contributed by atoms with E-state index in [9.17, 15) is 0 Å². The van der Waals surface area contributed by atoms with Gasteiger partial charge >= 0.3 is 0 Å². The van der Waals surface area contributed by atoms with Crippen molar-refractivity contribution in [1.82, 2.24) is 0 Å². The first kappa shape index (κ1) is 16.8. The van der Waals surface area contributed by atoms with Crippen LogP contribution in [-0.4, -0.2) is 7.11 Å². The molecule has 0 aliphatic rings. The van der Waals surface area contributed by atoms with E-state index in [0.29, 0.717) is 0 Å². The third kappa shape index (κ3) is 5.28. The predicted octanol–water partition coefficient (Wildman–Crippen LogP) is 4.46. The summed E-state index contributed by atoms with van der Waals surface area (Å²) in [7, 11) is 1.67. The van der Waals surface area contributed by atoms with Crippen molar-refractivity contribution >= 4 is 28.3 Å². The minimum atomic E-state index is 0. The summed E-state index contributed by atoms with van der Waals surface area (Å²) >= 11 is 3.48. The van der Waals surface area contributed by atoms with Crippen LogP contribution in [0.1, 0.15) is 44.2 Å². The van der Waals surface area contributed by atoms with Crippen LogP contribution in [0.3, 0.4) is 0 Å². The fourth-order valence-electron chi connectivity index (χ4n) is 1.69. The number of ether oxygens (including phenoxy) is 1. The van der Waals surface area contributed by atoms with Gasteiger partial charge in [-0.05, 0) is 40.0 Å². The summed E-state index contributed by atoms with van der Waals surface area (Å²) in [6.45, 7) is 2.20. The highest BCUT2D eigenvalue weighted by Gasteiger charge is 2.08. The lowest BCUT2D eigenvalue weighted by molar-refractivity contribution is 0.411. The molecule has 2 N–H and O–H groups in total. The first-order valence-electron chi connectivity index (χ1n) is 5.78. The van der Waals surface area contributed by atoms with Crippen LogP contribution in [-0.2, 0) is 0 Å². The molecule has 17 heavy (non-hydrogen) atoms. The number of benzene rings is 1. The predicted molar refractivity (Wildman–Crippen MR) is 79.0 cm³/mol. The second-order valence-electron chi connectivity index (χ2n) is 4.00. The molecule has 0 saturated heterocycles. The summed E-state index contributed by atoms with van der Waals surface area (Å²) in [6.07, 6.45) is 4.73. The molecule has 0 aliphatic heterocycles. The molecule has 98 valence electrons. The molecule has 0 aliphatic carbocycles. The number of hydrogen-bond acceptors (Lipinski definition) is 2. The zero-order valence-corrected chi connectivity index (χ0v) is 12.8. The molecule has 0 fully saturated rings. The van der Waals surface area contributed by atoms with Gasteiger partial charge in [0.2, 0.25) is 0 Å². The molecule has 1 atom stereocenters. The smallest absolute Gasteiger partial charge is 0.133 e. The maximum absolute atomic E-state index is 6.13. The first-order chi connectivity index (χ1) is 7.69. The third-order valence-corrected chi connectivity index (χ3v) is 3.34. The standard InChI is InChI=1S/C13H20BrNO.ClH/c1-3-4-5-6-12(15)10-7-8-13(16-2)11(14)9-10;/h7-9,12H,3-6,15H2,1-2H3;1H/t12-;/m0./s1. The molecule has 0 amide bonds. The van der Waals surface area contributed by atoms with Crippen molar-refractivity contribution in [2.45, 2.75) is 38.6 Å². The van der Waals surface area contributed by atoms with Crippen LogP contribution in [0.4, 0.5) is 0 Å². The molecule has 0 heterocycles. The molecule has 4 heteroatoms. The van der Waals surface area contributed by atoms with Crippen molar-refractivity contribution in [3.8, 4) is 5.75 Å². The van der Waals surface area contributed by atoms with Crippen LogP contribution in [0.25, 0.3) is 0 Å². The second-order valence-corrected chi connectivity index (χ2v) is 4.85. The molecule has 0 saturated carbocycles. The number of rotatable bonds is 6. The number of nitrogens with two attached hydrogens (primary N) is 1. The van der Waals surface area contributed by atoms with Crippen molar-refractivity contribution in [1.29, 1.82) is 0 Å². The van der Waals surface area contributed by atoms with E-state index >= 15 is 0 Å². The molecule has 0 unspecified atom stereocenters. The number of hydrogen-bond donors (Lipinski definition) is 1. The van der Waals surface area contributed by atoms with E-state index in [0.717, 1.165) is 16.6 Å². The lowest BCUT2D eigenvalue weighted by Gasteiger charge is -2.13. The van der Waals surface area contributed by atoms with E-state index in [2.05, 4.69) is 28.9 Å². The van der Waals surface area contributed by atoms with Gasteiger partial charge in [0.15, 0.2) is 0 Å². The maximum Gasteiger partial charge on any atom is 0.133 e. The van der Waals surface area contributed by atoms with Gasteiger partial charge in [0.05, 0.1) is 11.6 Å². The monoisotopic (exact) mass is 321 g/mol. The summed E-state index contributed by atoms with van der Waals surface area (Å²) in [4.78, 5) is 0. The average Bonchev–Trinajstić information content (AvgIpc) is 2.29. The number of methoxy groups -OCH3 is 1. The highest BCUT2D eigenvalue weighted by molar-refractivity contribution is 9.10. The first-order valence-corrected chi connectivity index (χ1v) is 6.57. The highest BCUT2D eigenvalue weighted by atomic mass is 79.9. The van der Waals surface area contributed by atoms with Crippen LogP contribution >= 0.6 is 28.3 Å². The average molecular weight is 323 g/mol. The summed E-state index contributed by atoms with van der Waals surface area (Å²) in [5.41, 5.74) is 7.30. The van der Waals surface area contributed by atoms with Gasteiger partial charge in [0.25, 0.3) is 0 Å². The Morgan fingerprint density at radius 3 is 2.59 bits per heavy atom. The topological polar surface area (TPSA) is 35.2 Å². The lowest BCUT2D eigenvalue weighted by atomic mass is 10.0. The zero-order chi connectivity index (χ0) is 12.0. The van der Waals surface area contributed by atoms with Crippen molar-refractivity contribution < 1.29 is 4.74 Å². The zero-order valence-electron chi connectivity index (χ0n) is 10.4. The third-order valence-electron chi connectivity index (χ3n) is 2.72. The van der Waals surface area contributed by atoms with Crippen molar-refractivity contribution in [3.05, 3.63) is 28.2 Å². The molecule has 1 rings (SSSR count). The molecule has 0 bridgehead atoms. The summed E-state index contributed by atoms with van der Waals surface area (Å²) in [5, 5.41) is 0. The fourth-order valence-corrected chi connectivity index (χ4v) is 2.25. The van der Waals surface area contributed by atoms with Gasteiger partial charge in [-0.3, -0.25) is 0 Å². The van der Waals surface area contributed by atoms with Crippen molar-refractivity contribution in [2.75, 3.05) is 7.11 Å². The Labute approximate surface area is 118 Å². The second kappa shape index (κ2) is 8.78. The van der Waals surface area contributed by atoms with E-state index < -0.39 is 0 Å². The van der Waals surface area contributed by atoms with Crippen LogP contribution < -0.4 is 10.5 Å². The molecule has 0 aromatic heterocycles. The van der Waals surface area contributed by atoms with Gasteiger partial charge in [-0.15, -0.1) is 12.4 Å². The number of halogens is 2. The largest absolute Gasteiger partial charge is 0.496 e. The van der Waals surface area contributed by atoms with Gasteiger partial charge in [-0.1, -0.05) is 32.3 Å². The minimum absolute atomic E-state index is 0. The van der Waals surface area contributed by atoms with Crippen LogP contribution in [0.5, 0.6) is 5.75 Å². The van der Waals surface area contributed by atoms with Crippen LogP contribution in [0.15, 0.2) is 22.7 Å². The van der Waals surface area contributed by atoms with E-state index in [1.807, 2.05) is 12.1 Å². The Bertz CT molecular complexity index is 333. The molecular formula is C13H21BrClNO. The quantitative estimate of drug-likeness (QED) is 0.785. The van der Waals surface area contributed by atoms with E-state index in [-0.39, 0.29) is 18.4 Å². The molecule has 1 aromatic carbocycles. The Balaban J connectivity index is 0.00000256. The number of unbranched alkanes of at least 4 members (excludes halogenated alkanes) is 2. The molecular weight excluding hydrogens is 302 g/mol. The van der Waals surface area contributed by atoms with Crippen molar-refractivity contribution in [3.63, 3.8) is 0 Å². The SMILES string of the molecule is CCCCC[C@H](N)c1ccc(OC)c(Br)c1.Cl. The van der Waals surface area contributed by atoms with Crippen LogP contribution in [0.2, 0.25) is 0 Å². The van der Waals surface area contributed by atoms with Gasteiger partial charge in [0.1, 0.15) is 5.75 Å². The lowest BCUT2D eigenvalue weighted by Crippen LogP contribution is -2.10. The minimum Gasteiger partial charge on any atom is -0.496 e. The molecule has 2 nitrogen and oxygen atoms in total. The highest BCUT2D eigenvalue weighted by Crippen LogP contribution is 2.28. The van der Waals surface area contributed by atoms with Gasteiger partial charge in [-0.2, -0.15) is 0 Å². The Morgan fingerprint density at radius 2 is 2.06 bits per heavy atom. The summed E-state index contributed by atoms with van der Waals surface area (Å²) < 4.78 is 6.16. The Hall–Kier alpha value is -0.250. The van der Waals surface area contributed by atoms with E-state index in [1.165, 1.54) is 24.8 Å². The Kier molecular flexibility index (Phi) is 8.66. The van der Waals surface area contributed by atoms with Gasteiger partial charge in [0, 0.05) is 6.04 Å². The van der Waals surface area contributed by atoms with Gasteiger partial charge in [-0.25, -0.2) is 0 Å².